The standard InChI is InChI=1S/C23H22N4O2/c1-13-5-6-16(22(28)21-17-11-25-12-18(17)21)20(9-13)27-23(29)26-19-4-2-3-14-10-24-8-7-15(14)19/h2-10,17-18,21,25H,11-12H2,1H3,(H2,26,27,29). The maximum atomic E-state index is 13.1. The number of benzene rings is 2. The number of anilines is 2. The summed E-state index contributed by atoms with van der Waals surface area (Å²) in [5.74, 6) is 1.09. The molecule has 2 fully saturated rings. The van der Waals surface area contributed by atoms with Crippen molar-refractivity contribution in [2.45, 2.75) is 6.92 Å². The number of nitrogens with one attached hydrogen (secondary N) is 3. The molecule has 2 aromatic carbocycles. The molecule has 1 aliphatic carbocycles. The molecule has 0 radical (unpaired) electrons. The van der Waals surface area contributed by atoms with Crippen LogP contribution in [0.2, 0.25) is 0 Å². The molecule has 29 heavy (non-hydrogen) atoms. The number of rotatable bonds is 4. The van der Waals surface area contributed by atoms with Gasteiger partial charge in [0.15, 0.2) is 5.78 Å². The van der Waals surface area contributed by atoms with Gasteiger partial charge in [-0.3, -0.25) is 9.78 Å². The number of aryl methyl sites for hydroxylation is 1. The third-order valence-electron chi connectivity index (χ3n) is 6.01. The first-order chi connectivity index (χ1) is 14.1. The Morgan fingerprint density at radius 3 is 2.66 bits per heavy atom. The highest BCUT2D eigenvalue weighted by molar-refractivity contribution is 6.11. The maximum Gasteiger partial charge on any atom is 0.323 e. The first-order valence-corrected chi connectivity index (χ1v) is 9.88. The Morgan fingerprint density at radius 2 is 1.83 bits per heavy atom. The van der Waals surface area contributed by atoms with Crippen molar-refractivity contribution in [3.63, 3.8) is 0 Å². The van der Waals surface area contributed by atoms with Crippen molar-refractivity contribution in [2.24, 2.45) is 17.8 Å². The van der Waals surface area contributed by atoms with Crippen LogP contribution in [0.3, 0.4) is 0 Å². The van der Waals surface area contributed by atoms with E-state index >= 15 is 0 Å². The minimum atomic E-state index is -0.369. The van der Waals surface area contributed by atoms with E-state index in [4.69, 9.17) is 0 Å². The number of urea groups is 1. The van der Waals surface area contributed by atoms with Gasteiger partial charge in [-0.25, -0.2) is 4.79 Å². The molecule has 6 nitrogen and oxygen atoms in total. The fourth-order valence-corrected chi connectivity index (χ4v) is 4.47. The first-order valence-electron chi connectivity index (χ1n) is 9.88. The smallest absolute Gasteiger partial charge is 0.316 e. The van der Waals surface area contributed by atoms with Gasteiger partial charge in [0.05, 0.1) is 11.4 Å². The Kier molecular flexibility index (Phi) is 4.28. The number of carbonyl (C=O) groups is 2. The third-order valence-corrected chi connectivity index (χ3v) is 6.01. The van der Waals surface area contributed by atoms with Gasteiger partial charge in [-0.1, -0.05) is 18.2 Å². The predicted molar refractivity (Wildman–Crippen MR) is 113 cm³/mol. The van der Waals surface area contributed by atoms with Gasteiger partial charge in [-0.15, -0.1) is 0 Å². The van der Waals surface area contributed by atoms with Gasteiger partial charge < -0.3 is 16.0 Å². The van der Waals surface area contributed by atoms with Crippen molar-refractivity contribution in [3.05, 3.63) is 66.0 Å². The molecular formula is C23H22N4O2. The molecular weight excluding hydrogens is 364 g/mol. The van der Waals surface area contributed by atoms with Crippen molar-refractivity contribution < 1.29 is 9.59 Å². The first kappa shape index (κ1) is 17.8. The van der Waals surface area contributed by atoms with Crippen LogP contribution in [-0.4, -0.2) is 29.9 Å². The molecule has 3 aromatic rings. The Morgan fingerprint density at radius 1 is 1.03 bits per heavy atom. The van der Waals surface area contributed by atoms with Crippen molar-refractivity contribution in [1.29, 1.82) is 0 Å². The van der Waals surface area contributed by atoms with E-state index in [1.807, 2.05) is 49.4 Å². The molecule has 1 saturated heterocycles. The highest BCUT2D eigenvalue weighted by atomic mass is 16.2. The predicted octanol–water partition coefficient (Wildman–Crippen LogP) is 3.84. The summed E-state index contributed by atoms with van der Waals surface area (Å²) in [6, 6.07) is 12.8. The van der Waals surface area contributed by atoms with E-state index in [9.17, 15) is 9.59 Å². The number of hydrogen-bond donors (Lipinski definition) is 3. The number of hydrogen-bond acceptors (Lipinski definition) is 4. The number of Topliss-reactive ketones (excluding diaryl/α,β-unsaturated/α-hetero) is 1. The van der Waals surface area contributed by atoms with E-state index in [1.165, 1.54) is 0 Å². The van der Waals surface area contributed by atoms with E-state index < -0.39 is 0 Å². The summed E-state index contributed by atoms with van der Waals surface area (Å²) in [6.07, 6.45) is 3.46. The van der Waals surface area contributed by atoms with Crippen molar-refractivity contribution >= 4 is 34.0 Å². The second kappa shape index (κ2) is 6.97. The monoisotopic (exact) mass is 386 g/mol. The van der Waals surface area contributed by atoms with Crippen molar-refractivity contribution in [3.8, 4) is 0 Å². The zero-order valence-corrected chi connectivity index (χ0v) is 16.1. The number of aromatic nitrogens is 1. The van der Waals surface area contributed by atoms with Gasteiger partial charge in [0.2, 0.25) is 0 Å². The van der Waals surface area contributed by atoms with Gasteiger partial charge in [0.1, 0.15) is 0 Å². The van der Waals surface area contributed by atoms with Gasteiger partial charge in [-0.2, -0.15) is 0 Å². The van der Waals surface area contributed by atoms with Gasteiger partial charge >= 0.3 is 6.03 Å². The second-order valence-corrected chi connectivity index (χ2v) is 7.91. The molecule has 5 rings (SSSR count). The van der Waals surface area contributed by atoms with Crippen LogP contribution >= 0.6 is 0 Å². The lowest BCUT2D eigenvalue weighted by molar-refractivity contribution is 0.0954. The number of amides is 2. The molecule has 1 saturated carbocycles. The lowest BCUT2D eigenvalue weighted by Gasteiger charge is -2.14. The van der Waals surface area contributed by atoms with E-state index in [1.54, 1.807) is 12.4 Å². The minimum Gasteiger partial charge on any atom is -0.316 e. The number of nitrogens with zero attached hydrogens (tertiary/aromatic N) is 1. The Bertz CT molecular complexity index is 1110. The van der Waals surface area contributed by atoms with Crippen LogP contribution in [-0.2, 0) is 0 Å². The number of piperidine rings is 1. The van der Waals surface area contributed by atoms with Crippen LogP contribution in [0, 0.1) is 24.7 Å². The number of fused-ring (bicyclic) bond motifs is 2. The molecule has 3 N–H and O–H groups in total. The highest BCUT2D eigenvalue weighted by Crippen LogP contribution is 2.50. The van der Waals surface area contributed by atoms with Crippen molar-refractivity contribution in [2.75, 3.05) is 23.7 Å². The fraction of sp³-hybridized carbons (Fsp3) is 0.261. The molecule has 2 amide bonds. The molecule has 146 valence electrons. The van der Waals surface area contributed by atoms with Crippen molar-refractivity contribution in [1.82, 2.24) is 10.3 Å². The zero-order valence-electron chi connectivity index (χ0n) is 16.1. The van der Waals surface area contributed by atoms with Crippen LogP contribution in [0.1, 0.15) is 15.9 Å². The summed E-state index contributed by atoms with van der Waals surface area (Å²) in [5, 5.41) is 11.0. The number of carbonyl (C=O) groups excluding carboxylic acids is 2. The molecule has 2 atom stereocenters. The summed E-state index contributed by atoms with van der Waals surface area (Å²) in [5.41, 5.74) is 2.84. The van der Waals surface area contributed by atoms with Gasteiger partial charge in [0, 0.05) is 34.6 Å². The zero-order chi connectivity index (χ0) is 20.0. The van der Waals surface area contributed by atoms with Crippen LogP contribution in [0.15, 0.2) is 54.9 Å². The minimum absolute atomic E-state index is 0.0770. The number of ketones is 1. The van der Waals surface area contributed by atoms with Crippen LogP contribution in [0.5, 0.6) is 0 Å². The topological polar surface area (TPSA) is 83.1 Å². The summed E-state index contributed by atoms with van der Waals surface area (Å²) in [6.45, 7) is 3.77. The van der Waals surface area contributed by atoms with E-state index in [0.29, 0.717) is 28.8 Å². The molecule has 2 heterocycles. The average Bonchev–Trinajstić information content (AvgIpc) is 3.19. The summed E-state index contributed by atoms with van der Waals surface area (Å²) < 4.78 is 0. The summed E-state index contributed by atoms with van der Waals surface area (Å²) in [7, 11) is 0. The molecule has 1 aliphatic heterocycles. The summed E-state index contributed by atoms with van der Waals surface area (Å²) >= 11 is 0. The van der Waals surface area contributed by atoms with Crippen LogP contribution < -0.4 is 16.0 Å². The average molecular weight is 386 g/mol. The summed E-state index contributed by atoms with van der Waals surface area (Å²) in [4.78, 5) is 29.9. The molecule has 6 heteroatoms. The Balaban J connectivity index is 1.38. The largest absolute Gasteiger partial charge is 0.323 e. The van der Waals surface area contributed by atoms with E-state index in [-0.39, 0.29) is 17.7 Å². The second-order valence-electron chi connectivity index (χ2n) is 7.91. The Labute approximate surface area is 168 Å². The third kappa shape index (κ3) is 3.25. The Hall–Kier alpha value is -3.25. The lowest BCUT2D eigenvalue weighted by atomic mass is 10.0. The van der Waals surface area contributed by atoms with Gasteiger partial charge in [0.25, 0.3) is 0 Å². The lowest BCUT2D eigenvalue weighted by Crippen LogP contribution is -2.23. The van der Waals surface area contributed by atoms with E-state index in [0.717, 1.165) is 29.4 Å². The quantitative estimate of drug-likeness (QED) is 0.595. The van der Waals surface area contributed by atoms with Gasteiger partial charge in [-0.05, 0) is 61.7 Å². The highest BCUT2D eigenvalue weighted by Gasteiger charge is 2.56. The number of pyridine rings is 1. The maximum absolute atomic E-state index is 13.1. The fourth-order valence-electron chi connectivity index (χ4n) is 4.47. The molecule has 0 bridgehead atoms. The van der Waals surface area contributed by atoms with Crippen LogP contribution in [0.25, 0.3) is 10.8 Å². The normalized spacial score (nSPS) is 22.2. The van der Waals surface area contributed by atoms with Crippen LogP contribution in [0.4, 0.5) is 16.2 Å². The van der Waals surface area contributed by atoms with E-state index in [2.05, 4.69) is 20.9 Å². The SMILES string of the molecule is Cc1ccc(C(=O)C2C3CNCC32)c(NC(=O)Nc2cccc3cnccc23)c1. The molecule has 0 spiro atoms. The molecule has 2 aliphatic rings. The molecule has 1 aromatic heterocycles. The molecule has 2 unspecified atom stereocenters.